The van der Waals surface area contributed by atoms with Crippen LogP contribution in [0.5, 0.6) is 5.75 Å². The molecule has 33 heavy (non-hydrogen) atoms. The highest BCUT2D eigenvalue weighted by molar-refractivity contribution is 5.78. The van der Waals surface area contributed by atoms with E-state index in [1.54, 1.807) is 0 Å². The van der Waals surface area contributed by atoms with E-state index in [1.807, 2.05) is 69.3 Å². The number of ether oxygens (including phenoxy) is 1. The molecule has 174 valence electrons. The Morgan fingerprint density at radius 2 is 1.88 bits per heavy atom. The summed E-state index contributed by atoms with van der Waals surface area (Å²) in [6.07, 6.45) is 1.80. The number of aromatic nitrogens is 2. The van der Waals surface area contributed by atoms with Crippen molar-refractivity contribution in [1.82, 2.24) is 20.4 Å². The first-order valence-corrected chi connectivity index (χ1v) is 11.6. The van der Waals surface area contributed by atoms with E-state index in [1.165, 1.54) is 0 Å². The molecule has 0 bridgehead atoms. The quantitative estimate of drug-likeness (QED) is 0.552. The Morgan fingerprint density at radius 1 is 1.15 bits per heavy atom. The molecule has 2 aromatic carbocycles. The maximum absolute atomic E-state index is 12.6. The summed E-state index contributed by atoms with van der Waals surface area (Å²) in [5, 5.41) is 7.22. The predicted octanol–water partition coefficient (Wildman–Crippen LogP) is 4.36. The van der Waals surface area contributed by atoms with Gasteiger partial charge in [-0.3, -0.25) is 9.69 Å². The van der Waals surface area contributed by atoms with Gasteiger partial charge in [-0.2, -0.15) is 4.98 Å². The third kappa shape index (κ3) is 6.20. The third-order valence-electron chi connectivity index (χ3n) is 5.93. The predicted molar refractivity (Wildman–Crippen MR) is 127 cm³/mol. The highest BCUT2D eigenvalue weighted by Gasteiger charge is 2.26. The fourth-order valence-corrected chi connectivity index (χ4v) is 4.09. The maximum Gasteiger partial charge on any atom is 0.241 e. The molecular formula is C26H32N4O3. The molecule has 7 heteroatoms. The zero-order valence-corrected chi connectivity index (χ0v) is 19.6. The van der Waals surface area contributed by atoms with Gasteiger partial charge in [0.15, 0.2) is 0 Å². The topological polar surface area (TPSA) is 80.5 Å². The third-order valence-corrected chi connectivity index (χ3v) is 5.93. The van der Waals surface area contributed by atoms with E-state index in [-0.39, 0.29) is 17.9 Å². The molecule has 1 N–H and O–H groups in total. The highest BCUT2D eigenvalue weighted by atomic mass is 16.5. The van der Waals surface area contributed by atoms with Crippen LogP contribution in [0.25, 0.3) is 11.4 Å². The monoisotopic (exact) mass is 448 g/mol. The number of carbonyl (C=O) groups is 1. The van der Waals surface area contributed by atoms with Gasteiger partial charge in [0.2, 0.25) is 17.6 Å². The second kappa shape index (κ2) is 10.6. The van der Waals surface area contributed by atoms with Gasteiger partial charge in [0.25, 0.3) is 0 Å². The molecule has 0 aliphatic carbocycles. The Bertz CT molecular complexity index is 1050. The lowest BCUT2D eigenvalue weighted by Crippen LogP contribution is -2.40. The van der Waals surface area contributed by atoms with Gasteiger partial charge in [-0.05, 0) is 70.0 Å². The number of amides is 1. The van der Waals surface area contributed by atoms with E-state index in [2.05, 4.69) is 20.4 Å². The largest absolute Gasteiger partial charge is 0.491 e. The lowest BCUT2D eigenvalue weighted by Gasteiger charge is -2.30. The Morgan fingerprint density at radius 3 is 2.58 bits per heavy atom. The van der Waals surface area contributed by atoms with Crippen LogP contribution >= 0.6 is 0 Å². The summed E-state index contributed by atoms with van der Waals surface area (Å²) in [6.45, 7) is 8.86. The molecule has 1 amide bonds. The van der Waals surface area contributed by atoms with Gasteiger partial charge in [0.05, 0.1) is 12.6 Å². The van der Waals surface area contributed by atoms with Crippen molar-refractivity contribution in [3.05, 3.63) is 65.5 Å². The summed E-state index contributed by atoms with van der Waals surface area (Å²) in [5.74, 6) is 2.24. The number of likely N-dealkylation sites (tertiary alicyclic amines) is 1. The van der Waals surface area contributed by atoms with Crippen molar-refractivity contribution in [2.24, 2.45) is 5.92 Å². The molecule has 4 rings (SSSR count). The lowest BCUT2D eigenvalue weighted by molar-refractivity contribution is -0.126. The van der Waals surface area contributed by atoms with Crippen molar-refractivity contribution in [3.63, 3.8) is 0 Å². The van der Waals surface area contributed by atoms with Crippen LogP contribution in [0, 0.1) is 12.8 Å². The molecule has 0 atom stereocenters. The van der Waals surface area contributed by atoms with E-state index in [0.717, 1.165) is 48.4 Å². The number of nitrogens with one attached hydrogen (secondary N) is 1. The summed E-state index contributed by atoms with van der Waals surface area (Å²) < 4.78 is 11.1. The zero-order chi connectivity index (χ0) is 23.2. The van der Waals surface area contributed by atoms with Crippen LogP contribution < -0.4 is 10.1 Å². The number of piperidine rings is 1. The van der Waals surface area contributed by atoms with Gasteiger partial charge in [0.1, 0.15) is 5.75 Å². The molecule has 0 saturated carbocycles. The molecule has 1 aromatic heterocycles. The van der Waals surface area contributed by atoms with Crippen LogP contribution in [0.4, 0.5) is 0 Å². The fourth-order valence-electron chi connectivity index (χ4n) is 4.09. The molecule has 0 spiro atoms. The Balaban J connectivity index is 1.22. The lowest BCUT2D eigenvalue weighted by atomic mass is 9.96. The van der Waals surface area contributed by atoms with Gasteiger partial charge in [-0.15, -0.1) is 0 Å². The van der Waals surface area contributed by atoms with Crippen molar-refractivity contribution in [1.29, 1.82) is 0 Å². The SMILES string of the molecule is Cc1ccccc1-c1noc(CN2CCC(C(=O)NCc3ccc(OC(C)C)cc3)CC2)n1. The van der Waals surface area contributed by atoms with E-state index < -0.39 is 0 Å². The van der Waals surface area contributed by atoms with Crippen molar-refractivity contribution < 1.29 is 14.1 Å². The summed E-state index contributed by atoms with van der Waals surface area (Å²) in [4.78, 5) is 19.5. The number of benzene rings is 2. The average molecular weight is 449 g/mol. The first-order valence-electron chi connectivity index (χ1n) is 11.6. The van der Waals surface area contributed by atoms with Crippen molar-refractivity contribution >= 4 is 5.91 Å². The van der Waals surface area contributed by atoms with Gasteiger partial charge < -0.3 is 14.6 Å². The molecule has 0 unspecified atom stereocenters. The minimum atomic E-state index is 0.0370. The van der Waals surface area contributed by atoms with Gasteiger partial charge in [-0.25, -0.2) is 0 Å². The van der Waals surface area contributed by atoms with E-state index in [4.69, 9.17) is 9.26 Å². The van der Waals surface area contributed by atoms with Crippen molar-refractivity contribution in [2.45, 2.75) is 52.8 Å². The molecule has 3 aromatic rings. The summed E-state index contributed by atoms with van der Waals surface area (Å²) in [7, 11) is 0. The van der Waals surface area contributed by atoms with Crippen LogP contribution in [-0.2, 0) is 17.9 Å². The Labute approximate surface area is 195 Å². The Kier molecular flexibility index (Phi) is 7.40. The van der Waals surface area contributed by atoms with Crippen molar-refractivity contribution in [3.8, 4) is 17.1 Å². The molecule has 7 nitrogen and oxygen atoms in total. The molecule has 1 fully saturated rings. The molecule has 1 aliphatic heterocycles. The number of hydrogen-bond donors (Lipinski definition) is 1. The van der Waals surface area contributed by atoms with Gasteiger partial charge in [0, 0.05) is 18.0 Å². The van der Waals surface area contributed by atoms with E-state index in [0.29, 0.717) is 24.8 Å². The van der Waals surface area contributed by atoms with Gasteiger partial charge >= 0.3 is 0 Å². The normalized spacial score (nSPS) is 15.0. The number of carbonyl (C=O) groups excluding carboxylic acids is 1. The van der Waals surface area contributed by atoms with Crippen LogP contribution in [0.2, 0.25) is 0 Å². The smallest absolute Gasteiger partial charge is 0.241 e. The second-order valence-corrected chi connectivity index (χ2v) is 8.91. The minimum Gasteiger partial charge on any atom is -0.491 e. The molecule has 0 radical (unpaired) electrons. The highest BCUT2D eigenvalue weighted by Crippen LogP contribution is 2.22. The van der Waals surface area contributed by atoms with Crippen LogP contribution in [0.15, 0.2) is 53.1 Å². The van der Waals surface area contributed by atoms with Crippen LogP contribution in [0.1, 0.15) is 43.7 Å². The number of hydrogen-bond acceptors (Lipinski definition) is 6. The number of aryl methyl sites for hydroxylation is 1. The van der Waals surface area contributed by atoms with E-state index >= 15 is 0 Å². The minimum absolute atomic E-state index is 0.0370. The molecule has 1 aliphatic rings. The van der Waals surface area contributed by atoms with E-state index in [9.17, 15) is 4.79 Å². The number of nitrogens with zero attached hydrogens (tertiary/aromatic N) is 3. The zero-order valence-electron chi connectivity index (χ0n) is 19.6. The van der Waals surface area contributed by atoms with Crippen LogP contribution in [-0.4, -0.2) is 40.1 Å². The average Bonchev–Trinajstić information content (AvgIpc) is 3.27. The van der Waals surface area contributed by atoms with Crippen molar-refractivity contribution in [2.75, 3.05) is 13.1 Å². The molecule has 1 saturated heterocycles. The van der Waals surface area contributed by atoms with Crippen LogP contribution in [0.3, 0.4) is 0 Å². The Hall–Kier alpha value is -3.19. The first kappa shape index (κ1) is 23.0. The standard InChI is InChI=1S/C26H32N4O3/c1-18(2)32-22-10-8-20(9-11-22)16-27-26(31)21-12-14-30(15-13-21)17-24-28-25(29-33-24)23-7-5-4-6-19(23)3/h4-11,18,21H,12-17H2,1-3H3,(H,27,31). The molecular weight excluding hydrogens is 416 g/mol. The molecule has 2 heterocycles. The maximum atomic E-state index is 12.6. The number of rotatable bonds is 8. The van der Waals surface area contributed by atoms with Gasteiger partial charge in [-0.1, -0.05) is 41.6 Å². The summed E-state index contributed by atoms with van der Waals surface area (Å²) in [5.41, 5.74) is 3.18. The fraction of sp³-hybridized carbons (Fsp3) is 0.423. The second-order valence-electron chi connectivity index (χ2n) is 8.91. The first-order chi connectivity index (χ1) is 16.0. The summed E-state index contributed by atoms with van der Waals surface area (Å²) in [6, 6.07) is 15.9. The summed E-state index contributed by atoms with van der Waals surface area (Å²) >= 11 is 0.